The second-order valence-corrected chi connectivity index (χ2v) is 6.74. The average Bonchev–Trinajstić information content (AvgIpc) is 2.53. The van der Waals surface area contributed by atoms with Crippen molar-refractivity contribution in [1.29, 1.82) is 0 Å². The summed E-state index contributed by atoms with van der Waals surface area (Å²) in [4.78, 5) is 10.4. The minimum atomic E-state index is -0.660. The first kappa shape index (κ1) is 22.8. The summed E-state index contributed by atoms with van der Waals surface area (Å²) in [5.41, 5.74) is 0. The number of hydrogen-bond acceptors (Lipinski definition) is 3. The van der Waals surface area contributed by atoms with Crippen LogP contribution in [-0.4, -0.2) is 23.6 Å². The topological polar surface area (TPSA) is 46.5 Å². The van der Waals surface area contributed by atoms with Gasteiger partial charge in [0.1, 0.15) is 0 Å². The lowest BCUT2D eigenvalue weighted by Crippen LogP contribution is -1.93. The number of hydrogen-bond donors (Lipinski definition) is 2. The zero-order valence-corrected chi connectivity index (χ0v) is 15.8. The van der Waals surface area contributed by atoms with Gasteiger partial charge >= 0.3 is 5.97 Å². The van der Waals surface area contributed by atoms with Gasteiger partial charge in [-0.15, -0.1) is 0 Å². The molecule has 0 unspecified atom stereocenters. The molecule has 0 aromatic heterocycles. The maximum Gasteiger partial charge on any atom is 0.303 e. The van der Waals surface area contributed by atoms with Crippen LogP contribution in [0, 0.1) is 0 Å². The van der Waals surface area contributed by atoms with Crippen molar-refractivity contribution in [3.8, 4) is 0 Å². The number of aliphatic carboxylic acids is 1. The summed E-state index contributed by atoms with van der Waals surface area (Å²) in [6, 6.07) is 0. The molecule has 0 aliphatic rings. The van der Waals surface area contributed by atoms with Crippen LogP contribution >= 0.6 is 12.6 Å². The third-order valence-corrected chi connectivity index (χ3v) is 4.45. The second kappa shape index (κ2) is 19.8. The van der Waals surface area contributed by atoms with Gasteiger partial charge in [-0.1, -0.05) is 83.5 Å². The fourth-order valence-corrected chi connectivity index (χ4v) is 2.97. The molecule has 0 saturated carbocycles. The Labute approximate surface area is 149 Å². The van der Waals surface area contributed by atoms with Gasteiger partial charge < -0.3 is 9.84 Å². The van der Waals surface area contributed by atoms with E-state index in [0.717, 1.165) is 19.4 Å². The average molecular weight is 347 g/mol. The largest absolute Gasteiger partial charge is 0.481 e. The quantitative estimate of drug-likeness (QED) is 0.166. The van der Waals surface area contributed by atoms with Gasteiger partial charge in [0.2, 0.25) is 0 Å². The van der Waals surface area contributed by atoms with Crippen LogP contribution in [0.4, 0.5) is 0 Å². The molecule has 138 valence electrons. The first-order valence-electron chi connectivity index (χ1n) is 9.67. The molecule has 0 heterocycles. The van der Waals surface area contributed by atoms with E-state index in [1.165, 1.54) is 83.5 Å². The molecule has 0 atom stereocenters. The fourth-order valence-electron chi connectivity index (χ4n) is 2.84. The minimum Gasteiger partial charge on any atom is -0.481 e. The molecule has 23 heavy (non-hydrogen) atoms. The number of carboxylic acid groups (broad SMARTS) is 1. The minimum absolute atomic E-state index is 0.337. The van der Waals surface area contributed by atoms with E-state index >= 15 is 0 Å². The molecule has 0 bridgehead atoms. The molecule has 0 radical (unpaired) electrons. The predicted octanol–water partition coefficient (Wildman–Crippen LogP) is 6.22. The van der Waals surface area contributed by atoms with Gasteiger partial charge in [-0.25, -0.2) is 0 Å². The van der Waals surface area contributed by atoms with Crippen LogP contribution in [0.2, 0.25) is 0 Å². The van der Waals surface area contributed by atoms with Crippen molar-refractivity contribution in [2.24, 2.45) is 0 Å². The molecule has 0 fully saturated rings. The van der Waals surface area contributed by atoms with Gasteiger partial charge in [0, 0.05) is 13.0 Å². The van der Waals surface area contributed by atoms with E-state index in [9.17, 15) is 4.79 Å². The highest BCUT2D eigenvalue weighted by atomic mass is 32.1. The van der Waals surface area contributed by atoms with Gasteiger partial charge in [0.25, 0.3) is 0 Å². The summed E-state index contributed by atoms with van der Waals surface area (Å²) < 4.78 is 5.20. The Bertz CT molecular complexity index is 247. The Hall–Kier alpha value is -0.220. The molecular weight excluding hydrogens is 308 g/mol. The third kappa shape index (κ3) is 21.8. The zero-order chi connectivity index (χ0) is 17.0. The lowest BCUT2D eigenvalue weighted by Gasteiger charge is -2.03. The summed E-state index contributed by atoms with van der Waals surface area (Å²) in [5.74, 6) is -0.113. The Morgan fingerprint density at radius 2 is 1.00 bits per heavy atom. The number of unbranched alkanes of at least 4 members (excludes halogenated alkanes) is 14. The molecule has 0 aliphatic heterocycles. The van der Waals surface area contributed by atoms with E-state index in [0.29, 0.717) is 12.4 Å². The zero-order valence-electron chi connectivity index (χ0n) is 14.9. The van der Waals surface area contributed by atoms with E-state index in [4.69, 9.17) is 9.84 Å². The molecule has 1 N–H and O–H groups in total. The second-order valence-electron chi connectivity index (χ2n) is 6.48. The van der Waals surface area contributed by atoms with Crippen molar-refractivity contribution in [2.45, 2.75) is 103 Å². The molecule has 0 amide bonds. The van der Waals surface area contributed by atoms with Crippen molar-refractivity contribution in [1.82, 2.24) is 0 Å². The molecule has 4 heteroatoms. The number of carbonyl (C=O) groups is 1. The molecule has 0 spiro atoms. The summed E-state index contributed by atoms with van der Waals surface area (Å²) >= 11 is 4.02. The highest BCUT2D eigenvalue weighted by Crippen LogP contribution is 2.13. The Morgan fingerprint density at radius 3 is 1.35 bits per heavy atom. The van der Waals surface area contributed by atoms with Gasteiger partial charge in [0.15, 0.2) is 0 Å². The first-order chi connectivity index (χ1) is 11.3. The van der Waals surface area contributed by atoms with Crippen molar-refractivity contribution in [2.75, 3.05) is 12.5 Å². The highest BCUT2D eigenvalue weighted by Gasteiger charge is 1.97. The highest BCUT2D eigenvalue weighted by molar-refractivity contribution is 7.80. The van der Waals surface area contributed by atoms with E-state index in [1.54, 1.807) is 0 Å². The smallest absolute Gasteiger partial charge is 0.303 e. The van der Waals surface area contributed by atoms with E-state index in [1.807, 2.05) is 0 Å². The lowest BCUT2D eigenvalue weighted by atomic mass is 10.0. The SMILES string of the molecule is O=C(O)CCCCCCCCCCCCCCCCCOCS. The van der Waals surface area contributed by atoms with Crippen LogP contribution in [0.15, 0.2) is 0 Å². The molecule has 0 aromatic rings. The molecule has 3 nitrogen and oxygen atoms in total. The van der Waals surface area contributed by atoms with Crippen molar-refractivity contribution < 1.29 is 14.6 Å². The maximum absolute atomic E-state index is 10.4. The van der Waals surface area contributed by atoms with Gasteiger partial charge in [-0.2, -0.15) is 12.6 Å². The van der Waals surface area contributed by atoms with E-state index in [-0.39, 0.29) is 0 Å². The van der Waals surface area contributed by atoms with Crippen LogP contribution in [-0.2, 0) is 9.53 Å². The first-order valence-corrected chi connectivity index (χ1v) is 10.3. The standard InChI is InChI=1S/C19H38O3S/c20-19(21)16-14-12-10-8-6-4-2-1-3-5-7-9-11-13-15-17-22-18-23/h23H,1-18H2,(H,20,21). The molecular formula is C19H38O3S. The van der Waals surface area contributed by atoms with Crippen LogP contribution in [0.3, 0.4) is 0 Å². The van der Waals surface area contributed by atoms with Crippen molar-refractivity contribution in [3.63, 3.8) is 0 Å². The van der Waals surface area contributed by atoms with Gasteiger partial charge in [-0.05, 0) is 12.8 Å². The normalized spacial score (nSPS) is 11.0. The van der Waals surface area contributed by atoms with E-state index < -0.39 is 5.97 Å². The van der Waals surface area contributed by atoms with E-state index in [2.05, 4.69) is 12.6 Å². The number of carboxylic acids is 1. The third-order valence-electron chi connectivity index (χ3n) is 4.27. The Kier molecular flexibility index (Phi) is 19.6. The molecule has 0 aromatic carbocycles. The molecule has 0 saturated heterocycles. The Balaban J connectivity index is 2.96. The Morgan fingerprint density at radius 1 is 0.652 bits per heavy atom. The lowest BCUT2D eigenvalue weighted by molar-refractivity contribution is -0.137. The molecule has 0 rings (SSSR count). The number of rotatable bonds is 19. The van der Waals surface area contributed by atoms with Crippen LogP contribution in [0.1, 0.15) is 103 Å². The van der Waals surface area contributed by atoms with Gasteiger partial charge in [0.05, 0.1) is 5.94 Å². The van der Waals surface area contributed by atoms with Crippen molar-refractivity contribution in [3.05, 3.63) is 0 Å². The number of ether oxygens (including phenoxy) is 1. The summed E-state index contributed by atoms with van der Waals surface area (Å²) in [6.07, 6.45) is 19.5. The monoisotopic (exact) mass is 346 g/mol. The summed E-state index contributed by atoms with van der Waals surface area (Å²) in [7, 11) is 0. The van der Waals surface area contributed by atoms with Crippen LogP contribution < -0.4 is 0 Å². The van der Waals surface area contributed by atoms with Crippen LogP contribution in [0.25, 0.3) is 0 Å². The maximum atomic E-state index is 10.4. The summed E-state index contributed by atoms with van der Waals surface area (Å²) in [6.45, 7) is 0.864. The summed E-state index contributed by atoms with van der Waals surface area (Å²) in [5, 5.41) is 8.54. The number of thiol groups is 1. The fraction of sp³-hybridized carbons (Fsp3) is 0.947. The molecule has 0 aliphatic carbocycles. The van der Waals surface area contributed by atoms with Crippen molar-refractivity contribution >= 4 is 18.6 Å². The van der Waals surface area contributed by atoms with Crippen LogP contribution in [0.5, 0.6) is 0 Å². The predicted molar refractivity (Wildman–Crippen MR) is 101 cm³/mol. The van der Waals surface area contributed by atoms with Gasteiger partial charge in [-0.3, -0.25) is 4.79 Å².